The Hall–Kier alpha value is -1.89. The van der Waals surface area contributed by atoms with Crippen molar-refractivity contribution in [3.8, 4) is 5.75 Å². The quantitative estimate of drug-likeness (QED) is 0.649. The van der Waals surface area contributed by atoms with Gasteiger partial charge in [-0.05, 0) is 65.7 Å². The van der Waals surface area contributed by atoms with Gasteiger partial charge in [0.1, 0.15) is 5.75 Å². The molecule has 1 aromatic carbocycles. The molecule has 28 heavy (non-hydrogen) atoms. The van der Waals surface area contributed by atoms with Crippen molar-refractivity contribution in [2.45, 2.75) is 69.5 Å². The van der Waals surface area contributed by atoms with Gasteiger partial charge in [-0.15, -0.1) is 0 Å². The maximum absolute atomic E-state index is 12.9. The lowest BCUT2D eigenvalue weighted by Gasteiger charge is -2.41. The number of imide groups is 1. The molecule has 2 unspecified atom stereocenters. The van der Waals surface area contributed by atoms with E-state index in [0.29, 0.717) is 25.7 Å². The van der Waals surface area contributed by atoms with E-state index in [1.54, 1.807) is 7.11 Å². The molecular formula is C21H25BrN2O4. The predicted octanol–water partition coefficient (Wildman–Crippen LogP) is 3.06. The summed E-state index contributed by atoms with van der Waals surface area (Å²) in [5.41, 5.74) is 1.09. The summed E-state index contributed by atoms with van der Waals surface area (Å²) in [6, 6.07) is 6.17. The summed E-state index contributed by atoms with van der Waals surface area (Å²) < 4.78 is 6.14. The first-order chi connectivity index (χ1) is 13.5. The minimum absolute atomic E-state index is 0.0263. The van der Waals surface area contributed by atoms with Crippen LogP contribution in [0.3, 0.4) is 0 Å². The number of fused-ring (bicyclic) bond motifs is 2. The van der Waals surface area contributed by atoms with Gasteiger partial charge in [-0.2, -0.15) is 0 Å². The predicted molar refractivity (Wildman–Crippen MR) is 107 cm³/mol. The van der Waals surface area contributed by atoms with Crippen LogP contribution in [0.2, 0.25) is 0 Å². The van der Waals surface area contributed by atoms with Crippen LogP contribution in [-0.4, -0.2) is 52.8 Å². The summed E-state index contributed by atoms with van der Waals surface area (Å²) >= 11 is 3.49. The highest BCUT2D eigenvalue weighted by molar-refractivity contribution is 9.10. The van der Waals surface area contributed by atoms with Gasteiger partial charge in [0.2, 0.25) is 17.7 Å². The highest BCUT2D eigenvalue weighted by Crippen LogP contribution is 2.39. The highest BCUT2D eigenvalue weighted by atomic mass is 79.9. The Morgan fingerprint density at radius 3 is 2.32 bits per heavy atom. The highest BCUT2D eigenvalue weighted by Gasteiger charge is 2.47. The number of piperidine rings is 1. The molecule has 2 atom stereocenters. The van der Waals surface area contributed by atoms with Crippen molar-refractivity contribution < 1.29 is 19.1 Å². The molecule has 1 aromatic rings. The number of carbonyl (C=O) groups is 3. The second-order valence-corrected chi connectivity index (χ2v) is 8.79. The van der Waals surface area contributed by atoms with Crippen molar-refractivity contribution in [3.63, 3.8) is 0 Å². The normalized spacial score (nSPS) is 26.9. The van der Waals surface area contributed by atoms with E-state index < -0.39 is 0 Å². The maximum atomic E-state index is 12.9. The van der Waals surface area contributed by atoms with E-state index in [0.717, 1.165) is 41.5 Å². The van der Waals surface area contributed by atoms with E-state index in [1.165, 1.54) is 4.90 Å². The number of benzene rings is 1. The van der Waals surface area contributed by atoms with E-state index in [4.69, 9.17) is 4.74 Å². The standard InChI is InChI=1S/C21H25BrN2O4/c1-28-18-6-2-13(10-17(18)22)3-7-19(25)23-14-4-5-15(23)12-16(11-14)24-20(26)8-9-21(24)27/h2,6,10,14-16H,3-5,7-9,11-12H2,1H3. The van der Waals surface area contributed by atoms with Crippen molar-refractivity contribution >= 4 is 33.7 Å². The van der Waals surface area contributed by atoms with Gasteiger partial charge in [-0.1, -0.05) is 6.07 Å². The van der Waals surface area contributed by atoms with Gasteiger partial charge in [0, 0.05) is 37.4 Å². The molecule has 0 aromatic heterocycles. The summed E-state index contributed by atoms with van der Waals surface area (Å²) in [4.78, 5) is 40.6. The first-order valence-corrected chi connectivity index (χ1v) is 10.8. The lowest BCUT2D eigenvalue weighted by Crippen LogP contribution is -2.53. The molecule has 0 radical (unpaired) electrons. The molecule has 3 amide bonds. The van der Waals surface area contributed by atoms with Crippen molar-refractivity contribution in [2.24, 2.45) is 0 Å². The number of rotatable bonds is 5. The summed E-state index contributed by atoms with van der Waals surface area (Å²) in [7, 11) is 1.63. The molecular weight excluding hydrogens is 424 g/mol. The monoisotopic (exact) mass is 448 g/mol. The number of hydrogen-bond donors (Lipinski definition) is 0. The smallest absolute Gasteiger partial charge is 0.229 e. The van der Waals surface area contributed by atoms with Crippen LogP contribution in [0.25, 0.3) is 0 Å². The Labute approximate surface area is 173 Å². The lowest BCUT2D eigenvalue weighted by molar-refractivity contribution is -0.144. The molecule has 0 aliphatic carbocycles. The van der Waals surface area contributed by atoms with Gasteiger partial charge in [0.25, 0.3) is 0 Å². The van der Waals surface area contributed by atoms with E-state index in [2.05, 4.69) is 15.9 Å². The van der Waals surface area contributed by atoms with Gasteiger partial charge in [-0.3, -0.25) is 19.3 Å². The average molecular weight is 449 g/mol. The number of aryl methyl sites for hydroxylation is 1. The second-order valence-electron chi connectivity index (χ2n) is 7.94. The SMILES string of the molecule is COc1ccc(CCC(=O)N2C3CCC2CC(N2C(=O)CCC2=O)C3)cc1Br. The fraction of sp³-hybridized carbons (Fsp3) is 0.571. The Kier molecular flexibility index (Phi) is 5.45. The lowest BCUT2D eigenvalue weighted by atomic mass is 9.95. The fourth-order valence-corrected chi connectivity index (χ4v) is 5.60. The average Bonchev–Trinajstić information content (AvgIpc) is 3.15. The van der Waals surface area contributed by atoms with Gasteiger partial charge in [0.15, 0.2) is 0 Å². The minimum Gasteiger partial charge on any atom is -0.496 e. The van der Waals surface area contributed by atoms with Crippen LogP contribution >= 0.6 is 15.9 Å². The molecule has 3 saturated heterocycles. The first kappa shape index (κ1) is 19.4. The van der Waals surface area contributed by atoms with Crippen LogP contribution in [0, 0.1) is 0 Å². The summed E-state index contributed by atoms with van der Waals surface area (Å²) in [6.45, 7) is 0. The third kappa shape index (κ3) is 3.56. The molecule has 3 aliphatic rings. The first-order valence-electron chi connectivity index (χ1n) is 9.96. The Bertz CT molecular complexity index is 782. The van der Waals surface area contributed by atoms with Crippen LogP contribution in [0.5, 0.6) is 5.75 Å². The van der Waals surface area contributed by atoms with Crippen LogP contribution in [-0.2, 0) is 20.8 Å². The minimum atomic E-state index is -0.0424. The third-order valence-corrected chi connectivity index (χ3v) is 6.91. The molecule has 2 bridgehead atoms. The topological polar surface area (TPSA) is 66.9 Å². The number of nitrogens with zero attached hydrogens (tertiary/aromatic N) is 2. The second kappa shape index (κ2) is 7.85. The van der Waals surface area contributed by atoms with Gasteiger partial charge >= 0.3 is 0 Å². The number of amides is 3. The van der Waals surface area contributed by atoms with Crippen molar-refractivity contribution in [1.29, 1.82) is 0 Å². The van der Waals surface area contributed by atoms with Crippen molar-refractivity contribution in [1.82, 2.24) is 9.80 Å². The molecule has 0 spiro atoms. The number of likely N-dealkylation sites (tertiary alicyclic amines) is 1. The van der Waals surface area contributed by atoms with E-state index in [9.17, 15) is 14.4 Å². The number of ether oxygens (including phenoxy) is 1. The van der Waals surface area contributed by atoms with E-state index >= 15 is 0 Å². The van der Waals surface area contributed by atoms with Crippen LogP contribution in [0.15, 0.2) is 22.7 Å². The number of carbonyl (C=O) groups excluding carboxylic acids is 3. The molecule has 3 heterocycles. The molecule has 3 aliphatic heterocycles. The molecule has 4 rings (SSSR count). The zero-order chi connectivity index (χ0) is 19.8. The van der Waals surface area contributed by atoms with Crippen molar-refractivity contribution in [2.75, 3.05) is 7.11 Å². The summed E-state index contributed by atoms with van der Waals surface area (Å²) in [5, 5.41) is 0. The zero-order valence-corrected chi connectivity index (χ0v) is 17.6. The van der Waals surface area contributed by atoms with E-state index in [1.807, 2.05) is 23.1 Å². The van der Waals surface area contributed by atoms with Crippen molar-refractivity contribution in [3.05, 3.63) is 28.2 Å². The molecule has 3 fully saturated rings. The Balaban J connectivity index is 1.38. The molecule has 7 heteroatoms. The molecule has 150 valence electrons. The van der Waals surface area contributed by atoms with Gasteiger partial charge < -0.3 is 9.64 Å². The third-order valence-electron chi connectivity index (χ3n) is 6.30. The van der Waals surface area contributed by atoms with Crippen LogP contribution < -0.4 is 4.74 Å². The number of methoxy groups -OCH3 is 1. The summed E-state index contributed by atoms with van der Waals surface area (Å²) in [6.07, 6.45) is 5.23. The largest absolute Gasteiger partial charge is 0.496 e. The Morgan fingerprint density at radius 2 is 1.75 bits per heavy atom. The molecule has 0 saturated carbocycles. The molecule has 0 N–H and O–H groups in total. The van der Waals surface area contributed by atoms with Crippen LogP contribution in [0.4, 0.5) is 0 Å². The maximum Gasteiger partial charge on any atom is 0.229 e. The summed E-state index contributed by atoms with van der Waals surface area (Å²) in [5.74, 6) is 0.872. The van der Waals surface area contributed by atoms with Crippen LogP contribution in [0.1, 0.15) is 50.5 Å². The number of hydrogen-bond acceptors (Lipinski definition) is 4. The number of halogens is 1. The molecule has 6 nitrogen and oxygen atoms in total. The van der Waals surface area contributed by atoms with Gasteiger partial charge in [-0.25, -0.2) is 0 Å². The van der Waals surface area contributed by atoms with E-state index in [-0.39, 0.29) is 35.8 Å². The fourth-order valence-electron chi connectivity index (χ4n) is 5.01. The zero-order valence-electron chi connectivity index (χ0n) is 16.0. The van der Waals surface area contributed by atoms with Gasteiger partial charge in [0.05, 0.1) is 11.6 Å². The Morgan fingerprint density at radius 1 is 1.11 bits per heavy atom.